The van der Waals surface area contributed by atoms with Gasteiger partial charge in [-0.05, 0) is 44.5 Å². The molecule has 1 atom stereocenters. The van der Waals surface area contributed by atoms with Gasteiger partial charge in [-0.1, -0.05) is 38.0 Å². The smallest absolute Gasteiger partial charge is 0.0654 e. The Bertz CT molecular complexity index is 808. The quantitative estimate of drug-likeness (QED) is 0.471. The Balaban J connectivity index is 0.000000167. The van der Waals surface area contributed by atoms with Crippen molar-refractivity contribution in [3.8, 4) is 0 Å². The number of unbranched alkanes of at least 4 members (excludes halogenated alkanes) is 1. The molecule has 0 fully saturated rings. The van der Waals surface area contributed by atoms with Crippen molar-refractivity contribution in [1.29, 1.82) is 0 Å². The predicted molar refractivity (Wildman–Crippen MR) is 123 cm³/mol. The predicted octanol–water partition coefficient (Wildman–Crippen LogP) is 7.79. The van der Waals surface area contributed by atoms with Gasteiger partial charge in [-0.25, -0.2) is 0 Å². The van der Waals surface area contributed by atoms with E-state index in [4.69, 9.17) is 0 Å². The van der Waals surface area contributed by atoms with Gasteiger partial charge in [-0.2, -0.15) is 0 Å². The third-order valence-electron chi connectivity index (χ3n) is 5.98. The van der Waals surface area contributed by atoms with Gasteiger partial charge in [0.25, 0.3) is 0 Å². The maximum absolute atomic E-state index is 2.36. The lowest BCUT2D eigenvalue weighted by molar-refractivity contribution is 0.560. The van der Waals surface area contributed by atoms with E-state index in [1.165, 1.54) is 53.9 Å². The van der Waals surface area contributed by atoms with E-state index < -0.39 is 0 Å². The minimum Gasteiger partial charge on any atom is -0.0654 e. The van der Waals surface area contributed by atoms with Crippen LogP contribution in [-0.2, 0) is 12.8 Å². The van der Waals surface area contributed by atoms with Gasteiger partial charge in [-0.3, -0.25) is 0 Å². The Hall–Kier alpha value is -2.34. The van der Waals surface area contributed by atoms with Gasteiger partial charge in [0.2, 0.25) is 0 Å². The molecule has 0 radical (unpaired) electrons. The van der Waals surface area contributed by atoms with Crippen LogP contribution in [0.3, 0.4) is 0 Å². The lowest BCUT2D eigenvalue weighted by Crippen LogP contribution is -2.08. The molecule has 2 aromatic carbocycles. The average Bonchev–Trinajstić information content (AvgIpc) is 2.77. The number of hydrogen-bond acceptors (Lipinski definition) is 0. The van der Waals surface area contributed by atoms with E-state index in [2.05, 4.69) is 94.0 Å². The zero-order valence-corrected chi connectivity index (χ0v) is 17.7. The summed E-state index contributed by atoms with van der Waals surface area (Å²) in [5.41, 5.74) is 7.34. The van der Waals surface area contributed by atoms with Gasteiger partial charge in [-0.15, -0.1) is 0 Å². The number of benzene rings is 2. The van der Waals surface area contributed by atoms with Crippen LogP contribution in [0.1, 0.15) is 68.7 Å². The van der Waals surface area contributed by atoms with E-state index >= 15 is 0 Å². The van der Waals surface area contributed by atoms with Crippen LogP contribution in [0.25, 0.3) is 6.08 Å². The first kappa shape index (κ1) is 20.4. The number of rotatable bonds is 5. The van der Waals surface area contributed by atoms with E-state index in [-0.39, 0.29) is 0 Å². The molecule has 144 valence electrons. The van der Waals surface area contributed by atoms with Crippen molar-refractivity contribution in [3.05, 3.63) is 101 Å². The van der Waals surface area contributed by atoms with E-state index in [0.717, 1.165) is 18.8 Å². The van der Waals surface area contributed by atoms with Gasteiger partial charge in [0, 0.05) is 47.6 Å². The molecule has 2 aromatic rings. The second-order valence-electron chi connectivity index (χ2n) is 8.05. The zero-order valence-electron chi connectivity index (χ0n) is 17.7. The lowest BCUT2D eigenvalue weighted by Gasteiger charge is -2.15. The molecule has 2 aliphatic rings. The van der Waals surface area contributed by atoms with Gasteiger partial charge >= 0.3 is 0 Å². The van der Waals surface area contributed by atoms with Crippen LogP contribution in [0.5, 0.6) is 0 Å². The Morgan fingerprint density at radius 1 is 1.00 bits per heavy atom. The summed E-state index contributed by atoms with van der Waals surface area (Å²) in [6.45, 7) is 6.85. The van der Waals surface area contributed by atoms with E-state index in [1.54, 1.807) is 5.57 Å². The Morgan fingerprint density at radius 2 is 1.75 bits per heavy atom. The highest BCUT2D eigenvalue weighted by molar-refractivity contribution is 5.60. The van der Waals surface area contributed by atoms with E-state index in [0.29, 0.717) is 0 Å². The summed E-state index contributed by atoms with van der Waals surface area (Å²) in [4.78, 5) is 0. The van der Waals surface area contributed by atoms with Crippen LogP contribution < -0.4 is 0 Å². The summed E-state index contributed by atoms with van der Waals surface area (Å²) in [5.74, 6) is 2.28. The van der Waals surface area contributed by atoms with Crippen molar-refractivity contribution >= 4 is 6.08 Å². The van der Waals surface area contributed by atoms with Crippen molar-refractivity contribution in [2.45, 2.75) is 59.3 Å². The highest BCUT2D eigenvalue weighted by atomic mass is 14.2. The summed E-state index contributed by atoms with van der Waals surface area (Å²) in [6, 6.07) is 17.3. The van der Waals surface area contributed by atoms with E-state index in [1.807, 2.05) is 0 Å². The van der Waals surface area contributed by atoms with E-state index in [9.17, 15) is 0 Å². The Morgan fingerprint density at radius 3 is 2.54 bits per heavy atom. The molecule has 0 spiro atoms. The molecule has 0 nitrogen and oxygen atoms in total. The van der Waals surface area contributed by atoms with Crippen molar-refractivity contribution in [2.24, 2.45) is 5.92 Å². The second kappa shape index (κ2) is 10.3. The van der Waals surface area contributed by atoms with Gasteiger partial charge in [0.05, 0.1) is 42.0 Å². The van der Waals surface area contributed by atoms with Crippen molar-refractivity contribution in [3.63, 3.8) is 0 Å². The van der Waals surface area contributed by atoms with Gasteiger partial charge in [0.15, 0.2) is 0 Å². The fourth-order valence-corrected chi connectivity index (χ4v) is 3.98. The molecule has 4 rings (SSSR count). The maximum Gasteiger partial charge on any atom is 0.0994 e. The summed E-state index contributed by atoms with van der Waals surface area (Å²) >= 11 is 0. The average molecular weight is 371 g/mol. The molecule has 0 heteroatoms. The van der Waals surface area contributed by atoms with Crippen LogP contribution in [0.15, 0.2) is 66.3 Å². The molecule has 28 heavy (non-hydrogen) atoms. The lowest BCUT2D eigenvalue weighted by atomic mass is 9.84. The summed E-state index contributed by atoms with van der Waals surface area (Å²) in [6.07, 6.45) is 16.5. The standard InChI is InChI=1S/C16H21.C12H13/c1-3-4-7-13(2)15-11-10-14-8-5-6-9-16(14)12-15;1-2-10-7-8-11-5-3-4-6-12(11)9-10/h5-6,8-11,13H,3-4,7,12H2,1-2H3;3-8H,2,9H2,1H3/q2*+1. The molecule has 0 N–H and O–H groups in total. The zero-order chi connectivity index (χ0) is 19.8. The molecule has 0 saturated carbocycles. The van der Waals surface area contributed by atoms with Crippen LogP contribution in [0.4, 0.5) is 0 Å². The van der Waals surface area contributed by atoms with Crippen molar-refractivity contribution in [1.82, 2.24) is 0 Å². The largest absolute Gasteiger partial charge is 0.0994 e. The number of hydrogen-bond donors (Lipinski definition) is 0. The van der Waals surface area contributed by atoms with Gasteiger partial charge < -0.3 is 0 Å². The third-order valence-corrected chi connectivity index (χ3v) is 5.98. The molecule has 1 unspecified atom stereocenters. The normalized spacial score (nSPS) is 15.4. The molecule has 0 amide bonds. The van der Waals surface area contributed by atoms with Crippen molar-refractivity contribution < 1.29 is 0 Å². The number of fused-ring (bicyclic) bond motifs is 2. The van der Waals surface area contributed by atoms with Crippen LogP contribution in [0.2, 0.25) is 0 Å². The molecule has 0 bridgehead atoms. The molecule has 0 saturated heterocycles. The molecular formula is C28H34+2. The SMILES string of the molecule is CCCCC(C)C1=C[CH+]c2ccccc2C1.CC[C+]1C=Cc2ccccc2C1. The third kappa shape index (κ3) is 5.35. The molecule has 0 aromatic heterocycles. The summed E-state index contributed by atoms with van der Waals surface area (Å²) < 4.78 is 0. The minimum absolute atomic E-state index is 0.740. The van der Waals surface area contributed by atoms with Crippen LogP contribution >= 0.6 is 0 Å². The maximum atomic E-state index is 2.36. The fraction of sp³-hybridized carbons (Fsp3) is 0.357. The second-order valence-corrected chi connectivity index (χ2v) is 8.05. The first-order valence-electron chi connectivity index (χ1n) is 10.9. The molecule has 2 aliphatic carbocycles. The summed E-state index contributed by atoms with van der Waals surface area (Å²) in [7, 11) is 0. The van der Waals surface area contributed by atoms with Gasteiger partial charge in [0.1, 0.15) is 0 Å². The monoisotopic (exact) mass is 370 g/mol. The summed E-state index contributed by atoms with van der Waals surface area (Å²) in [5, 5.41) is 0. The number of allylic oxidation sites excluding steroid dienone is 3. The topological polar surface area (TPSA) is 0 Å². The Kier molecular flexibility index (Phi) is 7.48. The first-order chi connectivity index (χ1) is 13.7. The molecule has 0 aliphatic heterocycles. The van der Waals surface area contributed by atoms with Crippen LogP contribution in [0, 0.1) is 18.3 Å². The minimum atomic E-state index is 0.740. The fourth-order valence-electron chi connectivity index (χ4n) is 3.98. The molecular weight excluding hydrogens is 336 g/mol. The molecule has 0 heterocycles. The highest BCUT2D eigenvalue weighted by Gasteiger charge is 2.21. The Labute approximate surface area is 172 Å². The highest BCUT2D eigenvalue weighted by Crippen LogP contribution is 2.29. The van der Waals surface area contributed by atoms with Crippen LogP contribution in [-0.4, -0.2) is 0 Å². The first-order valence-corrected chi connectivity index (χ1v) is 10.9. The van der Waals surface area contributed by atoms with Crippen molar-refractivity contribution in [2.75, 3.05) is 0 Å².